The Balaban J connectivity index is 1.98. The molecule has 1 aliphatic heterocycles. The van der Waals surface area contributed by atoms with Gasteiger partial charge in [-0.15, -0.1) is 0 Å². The number of amides is 1. The van der Waals surface area contributed by atoms with Crippen molar-refractivity contribution in [2.24, 2.45) is 0 Å². The number of hydrogen-bond donors (Lipinski definition) is 4. The van der Waals surface area contributed by atoms with E-state index in [1.54, 1.807) is 18.3 Å². The molecule has 2 aromatic rings. The first-order valence-electron chi connectivity index (χ1n) is 6.50. The molecule has 7 heteroatoms. The van der Waals surface area contributed by atoms with Crippen LogP contribution in [0.3, 0.4) is 0 Å². The van der Waals surface area contributed by atoms with Gasteiger partial charge >= 0.3 is 0 Å². The number of carbonyl (C=O) groups is 1. The molecule has 0 fully saturated rings. The third-order valence-corrected chi connectivity index (χ3v) is 4.02. The molecule has 21 heavy (non-hydrogen) atoms. The van der Waals surface area contributed by atoms with Gasteiger partial charge in [-0.3, -0.25) is 4.79 Å². The molecule has 110 valence electrons. The van der Waals surface area contributed by atoms with Gasteiger partial charge in [0.1, 0.15) is 5.88 Å². The number of benzene rings is 1. The fraction of sp³-hybridized carbons (Fsp3) is 0.214. The zero-order valence-corrected chi connectivity index (χ0v) is 12.2. The van der Waals surface area contributed by atoms with Gasteiger partial charge in [-0.25, -0.2) is 8.42 Å². The van der Waals surface area contributed by atoms with Gasteiger partial charge in [0.25, 0.3) is 0 Å². The molecule has 0 bridgehead atoms. The highest BCUT2D eigenvalue weighted by atomic mass is 32.2. The number of nitrogens with one attached hydrogen (secondary N) is 3. The maximum atomic E-state index is 12.2. The van der Waals surface area contributed by atoms with E-state index in [1.165, 1.54) is 0 Å². The Morgan fingerprint density at radius 3 is 2.71 bits per heavy atom. The lowest BCUT2D eigenvalue weighted by molar-refractivity contribution is -0.116. The molecular weight excluding hydrogens is 290 g/mol. The van der Waals surface area contributed by atoms with Crippen LogP contribution in [0.1, 0.15) is 22.7 Å². The van der Waals surface area contributed by atoms with Crippen LogP contribution in [-0.2, 0) is 15.5 Å². The monoisotopic (exact) mass is 305 g/mol. The van der Waals surface area contributed by atoms with Crippen LogP contribution in [0, 0.1) is 6.92 Å². The summed E-state index contributed by atoms with van der Waals surface area (Å²) in [5.41, 5.74) is 4.18. The summed E-state index contributed by atoms with van der Waals surface area (Å²) in [7, 11) is -2.49. The summed E-state index contributed by atoms with van der Waals surface area (Å²) in [5.74, 6) is -0.558. The van der Waals surface area contributed by atoms with Gasteiger partial charge in [-0.1, -0.05) is 0 Å². The molecule has 1 atom stereocenters. The van der Waals surface area contributed by atoms with Gasteiger partial charge in [-0.2, -0.15) is 0 Å². The van der Waals surface area contributed by atoms with Crippen molar-refractivity contribution in [3.63, 3.8) is 0 Å². The van der Waals surface area contributed by atoms with Gasteiger partial charge in [0.05, 0.1) is 5.92 Å². The normalized spacial score (nSPS) is 16.9. The summed E-state index contributed by atoms with van der Waals surface area (Å²) in [6, 6.07) is 7.26. The van der Waals surface area contributed by atoms with Gasteiger partial charge < -0.3 is 15.6 Å². The number of aryl methyl sites for hydroxylation is 1. The SMILES string of the molecule is Cc1[nH]ccc1C1C(=O)Nc2ccc(NC[SH](=O)=O)cc21. The molecule has 0 saturated heterocycles. The molecule has 2 heterocycles. The molecule has 0 aliphatic carbocycles. The van der Waals surface area contributed by atoms with E-state index in [9.17, 15) is 13.2 Å². The predicted molar refractivity (Wildman–Crippen MR) is 81.2 cm³/mol. The first-order valence-corrected chi connectivity index (χ1v) is 7.87. The van der Waals surface area contributed by atoms with Crippen LogP contribution >= 0.6 is 0 Å². The first-order chi connectivity index (χ1) is 10.1. The Kier molecular flexibility index (Phi) is 3.42. The second-order valence-corrected chi connectivity index (χ2v) is 5.93. The maximum absolute atomic E-state index is 12.2. The molecule has 3 N–H and O–H groups in total. The van der Waals surface area contributed by atoms with Crippen molar-refractivity contribution in [2.45, 2.75) is 12.8 Å². The van der Waals surface area contributed by atoms with E-state index in [2.05, 4.69) is 15.6 Å². The predicted octanol–water partition coefficient (Wildman–Crippen LogP) is 1.39. The summed E-state index contributed by atoms with van der Waals surface area (Å²) in [6.07, 6.45) is 1.81. The Morgan fingerprint density at radius 2 is 2.05 bits per heavy atom. The molecule has 0 radical (unpaired) electrons. The molecule has 0 spiro atoms. The number of hydrogen-bond acceptors (Lipinski definition) is 4. The van der Waals surface area contributed by atoms with E-state index in [0.717, 1.165) is 22.5 Å². The number of aromatic nitrogens is 1. The smallest absolute Gasteiger partial charge is 0.236 e. The third-order valence-electron chi connectivity index (χ3n) is 3.60. The van der Waals surface area contributed by atoms with E-state index in [-0.39, 0.29) is 17.7 Å². The van der Waals surface area contributed by atoms with Gasteiger partial charge in [0.15, 0.2) is 10.7 Å². The van der Waals surface area contributed by atoms with Gasteiger partial charge in [0.2, 0.25) is 5.91 Å². The molecule has 1 aliphatic rings. The first kappa shape index (κ1) is 13.7. The number of H-pyrrole nitrogens is 1. The van der Waals surface area contributed by atoms with Crippen molar-refractivity contribution in [2.75, 3.05) is 16.5 Å². The Morgan fingerprint density at radius 1 is 1.24 bits per heavy atom. The van der Waals surface area contributed by atoms with Crippen LogP contribution in [0.25, 0.3) is 0 Å². The number of thiol groups is 1. The van der Waals surface area contributed by atoms with Gasteiger partial charge in [-0.05, 0) is 42.3 Å². The maximum Gasteiger partial charge on any atom is 0.236 e. The Labute approximate surface area is 123 Å². The minimum absolute atomic E-state index is 0.0697. The molecule has 3 rings (SSSR count). The zero-order chi connectivity index (χ0) is 15.0. The van der Waals surface area contributed by atoms with Crippen LogP contribution in [0.4, 0.5) is 11.4 Å². The highest BCUT2D eigenvalue weighted by Crippen LogP contribution is 2.39. The van der Waals surface area contributed by atoms with Crippen molar-refractivity contribution in [1.29, 1.82) is 0 Å². The van der Waals surface area contributed by atoms with Crippen molar-refractivity contribution in [1.82, 2.24) is 4.98 Å². The summed E-state index contributed by atoms with van der Waals surface area (Å²) in [4.78, 5) is 15.3. The Hall–Kier alpha value is -2.28. The van der Waals surface area contributed by atoms with Crippen LogP contribution in [0.2, 0.25) is 0 Å². The average molecular weight is 305 g/mol. The van der Waals surface area contributed by atoms with Crippen molar-refractivity contribution < 1.29 is 13.2 Å². The summed E-state index contributed by atoms with van der Waals surface area (Å²) < 4.78 is 21.3. The third kappa shape index (κ3) is 2.52. The highest BCUT2D eigenvalue weighted by Gasteiger charge is 2.33. The fourth-order valence-corrected chi connectivity index (χ4v) is 2.93. The standard InChI is InChI=1S/C14H15N3O3S/c1-8-10(4-5-15-8)13-11-6-9(16-7-21(19)20)2-3-12(11)17-14(13)18/h2-6,13,15-16,21H,7H2,1H3,(H,17,18). The van der Waals surface area contributed by atoms with Crippen LogP contribution in [-0.4, -0.2) is 25.2 Å². The number of fused-ring (bicyclic) bond motifs is 1. The van der Waals surface area contributed by atoms with Crippen LogP contribution < -0.4 is 10.6 Å². The van der Waals surface area contributed by atoms with E-state index < -0.39 is 10.7 Å². The average Bonchev–Trinajstić information content (AvgIpc) is 2.98. The number of carbonyl (C=O) groups excluding carboxylic acids is 1. The molecule has 6 nitrogen and oxygen atoms in total. The second-order valence-electron chi connectivity index (χ2n) is 4.95. The van der Waals surface area contributed by atoms with Crippen molar-refractivity contribution in [3.05, 3.63) is 47.3 Å². The van der Waals surface area contributed by atoms with Crippen molar-refractivity contribution in [3.8, 4) is 0 Å². The minimum atomic E-state index is -2.49. The van der Waals surface area contributed by atoms with E-state index >= 15 is 0 Å². The topological polar surface area (TPSA) is 91.1 Å². The lowest BCUT2D eigenvalue weighted by atomic mass is 9.92. The molecule has 1 aromatic carbocycles. The van der Waals surface area contributed by atoms with E-state index in [1.807, 2.05) is 19.1 Å². The van der Waals surface area contributed by atoms with E-state index in [0.29, 0.717) is 5.69 Å². The van der Waals surface area contributed by atoms with Crippen LogP contribution in [0.15, 0.2) is 30.5 Å². The zero-order valence-electron chi connectivity index (χ0n) is 11.3. The molecule has 1 amide bonds. The largest absolute Gasteiger partial charge is 0.372 e. The quantitative estimate of drug-likeness (QED) is 0.642. The van der Waals surface area contributed by atoms with Crippen molar-refractivity contribution >= 4 is 28.0 Å². The lowest BCUT2D eigenvalue weighted by Gasteiger charge is -2.10. The molecule has 1 unspecified atom stereocenters. The number of rotatable bonds is 4. The summed E-state index contributed by atoms with van der Waals surface area (Å²) in [5, 5.41) is 5.68. The number of anilines is 2. The fourth-order valence-electron chi connectivity index (χ4n) is 2.61. The van der Waals surface area contributed by atoms with E-state index in [4.69, 9.17) is 0 Å². The molecule has 0 saturated carbocycles. The molecule has 1 aromatic heterocycles. The molecular formula is C14H15N3O3S. The second kappa shape index (κ2) is 5.25. The summed E-state index contributed by atoms with van der Waals surface area (Å²) in [6.45, 7) is 1.92. The summed E-state index contributed by atoms with van der Waals surface area (Å²) >= 11 is 0. The Bertz CT molecular complexity index is 772. The lowest BCUT2D eigenvalue weighted by Crippen LogP contribution is -2.13. The van der Waals surface area contributed by atoms with Crippen LogP contribution in [0.5, 0.6) is 0 Å². The highest BCUT2D eigenvalue weighted by molar-refractivity contribution is 7.72. The van der Waals surface area contributed by atoms with Gasteiger partial charge in [0, 0.05) is 23.3 Å². The minimum Gasteiger partial charge on any atom is -0.372 e. The number of aromatic amines is 1.